The molecule has 2 aromatic heterocycles. The molecule has 1 aliphatic rings. The molecule has 0 radical (unpaired) electrons. The molecule has 0 bridgehead atoms. The Bertz CT molecular complexity index is 888. The van der Waals surface area contributed by atoms with Gasteiger partial charge < -0.3 is 9.88 Å². The number of likely N-dealkylation sites (N-methyl/N-ethyl adjacent to an activating group) is 1. The van der Waals surface area contributed by atoms with Crippen molar-refractivity contribution in [1.82, 2.24) is 24.8 Å². The van der Waals surface area contributed by atoms with E-state index in [2.05, 4.69) is 33.4 Å². The highest BCUT2D eigenvalue weighted by molar-refractivity contribution is 5.80. The molecule has 3 aromatic rings. The van der Waals surface area contributed by atoms with E-state index in [9.17, 15) is 4.79 Å². The largest absolute Gasteiger partial charge is 0.357 e. The summed E-state index contributed by atoms with van der Waals surface area (Å²) in [5.41, 5.74) is 3.06. The van der Waals surface area contributed by atoms with Gasteiger partial charge in [-0.1, -0.05) is 24.3 Å². The van der Waals surface area contributed by atoms with Gasteiger partial charge in [0, 0.05) is 38.3 Å². The van der Waals surface area contributed by atoms with Crippen LogP contribution in [-0.4, -0.2) is 38.9 Å². The zero-order chi connectivity index (χ0) is 16.5. The van der Waals surface area contributed by atoms with Crippen LogP contribution in [0.25, 0.3) is 10.9 Å². The molecule has 3 heterocycles. The SMILES string of the molecule is CNC(=O)C1CN(Cc2ccc3ccccc3n2)Cc2cncn21. The molecule has 1 aromatic carbocycles. The fourth-order valence-corrected chi connectivity index (χ4v) is 3.28. The summed E-state index contributed by atoms with van der Waals surface area (Å²) in [7, 11) is 1.67. The Morgan fingerprint density at radius 3 is 3.04 bits per heavy atom. The van der Waals surface area contributed by atoms with Crippen LogP contribution in [0.5, 0.6) is 0 Å². The smallest absolute Gasteiger partial charge is 0.244 e. The Morgan fingerprint density at radius 1 is 1.29 bits per heavy atom. The Morgan fingerprint density at radius 2 is 2.17 bits per heavy atom. The fraction of sp³-hybridized carbons (Fsp3) is 0.278. The number of nitrogens with one attached hydrogen (secondary N) is 1. The molecule has 6 nitrogen and oxygen atoms in total. The first-order chi connectivity index (χ1) is 11.7. The second kappa shape index (κ2) is 6.05. The predicted octanol–water partition coefficient (Wildman–Crippen LogP) is 1.73. The van der Waals surface area contributed by atoms with E-state index >= 15 is 0 Å². The minimum absolute atomic E-state index is 0.00502. The van der Waals surface area contributed by atoms with Crippen molar-refractivity contribution in [1.29, 1.82) is 0 Å². The van der Waals surface area contributed by atoms with E-state index in [1.165, 1.54) is 0 Å². The van der Waals surface area contributed by atoms with E-state index in [1.54, 1.807) is 13.4 Å². The number of imidazole rings is 1. The number of para-hydroxylation sites is 1. The summed E-state index contributed by atoms with van der Waals surface area (Å²) < 4.78 is 1.96. The molecule has 24 heavy (non-hydrogen) atoms. The van der Waals surface area contributed by atoms with Crippen LogP contribution in [0.2, 0.25) is 0 Å². The summed E-state index contributed by atoms with van der Waals surface area (Å²) in [5, 5.41) is 3.88. The van der Waals surface area contributed by atoms with Gasteiger partial charge in [-0.15, -0.1) is 0 Å². The van der Waals surface area contributed by atoms with Crippen molar-refractivity contribution in [2.75, 3.05) is 13.6 Å². The summed E-state index contributed by atoms with van der Waals surface area (Å²) in [6.45, 7) is 2.13. The van der Waals surface area contributed by atoms with Gasteiger partial charge in [-0.05, 0) is 12.1 Å². The summed E-state index contributed by atoms with van der Waals surface area (Å²) >= 11 is 0. The Hall–Kier alpha value is -2.73. The lowest BCUT2D eigenvalue weighted by atomic mass is 10.1. The third-order valence-corrected chi connectivity index (χ3v) is 4.49. The molecule has 1 atom stereocenters. The average Bonchev–Trinajstić information content (AvgIpc) is 3.08. The molecule has 1 unspecified atom stereocenters. The Balaban J connectivity index is 1.59. The van der Waals surface area contributed by atoms with Gasteiger partial charge in [-0.25, -0.2) is 4.98 Å². The Kier molecular flexibility index (Phi) is 3.74. The first-order valence-electron chi connectivity index (χ1n) is 8.04. The monoisotopic (exact) mass is 321 g/mol. The molecule has 6 heteroatoms. The summed E-state index contributed by atoms with van der Waals surface area (Å²) in [5.74, 6) is 0.00502. The maximum atomic E-state index is 12.2. The van der Waals surface area contributed by atoms with Gasteiger partial charge >= 0.3 is 0 Å². The highest BCUT2D eigenvalue weighted by Crippen LogP contribution is 2.23. The second-order valence-electron chi connectivity index (χ2n) is 6.09. The Labute approximate surface area is 140 Å². The molecule has 1 amide bonds. The number of hydrogen-bond acceptors (Lipinski definition) is 4. The zero-order valence-electron chi connectivity index (χ0n) is 13.5. The number of benzene rings is 1. The third kappa shape index (κ3) is 2.65. The molecule has 4 rings (SSSR count). The number of nitrogens with zero attached hydrogens (tertiary/aromatic N) is 4. The normalized spacial score (nSPS) is 17.6. The molecule has 0 spiro atoms. The standard InChI is InChI=1S/C18H19N5O/c1-19-18(24)17-11-22(10-15-8-20-12-23(15)17)9-14-7-6-13-4-2-3-5-16(13)21-14/h2-8,12,17H,9-11H2,1H3,(H,19,24). The second-order valence-corrected chi connectivity index (χ2v) is 6.09. The van der Waals surface area contributed by atoms with Gasteiger partial charge in [0.2, 0.25) is 5.91 Å². The van der Waals surface area contributed by atoms with Gasteiger partial charge in [0.15, 0.2) is 0 Å². The number of amides is 1. The van der Waals surface area contributed by atoms with Gasteiger partial charge in [0.25, 0.3) is 0 Å². The van der Waals surface area contributed by atoms with E-state index in [-0.39, 0.29) is 11.9 Å². The van der Waals surface area contributed by atoms with Crippen LogP contribution in [0.1, 0.15) is 17.4 Å². The lowest BCUT2D eigenvalue weighted by molar-refractivity contribution is -0.125. The molecular weight excluding hydrogens is 302 g/mol. The summed E-state index contributed by atoms with van der Waals surface area (Å²) in [6, 6.07) is 12.0. The molecule has 1 aliphatic heterocycles. The molecule has 0 aliphatic carbocycles. The fourth-order valence-electron chi connectivity index (χ4n) is 3.28. The van der Waals surface area contributed by atoms with E-state index in [0.717, 1.165) is 28.8 Å². The van der Waals surface area contributed by atoms with Crippen molar-refractivity contribution in [3.8, 4) is 0 Å². The minimum atomic E-state index is -0.248. The van der Waals surface area contributed by atoms with Crippen molar-refractivity contribution in [2.24, 2.45) is 0 Å². The highest BCUT2D eigenvalue weighted by Gasteiger charge is 2.29. The highest BCUT2D eigenvalue weighted by atomic mass is 16.2. The van der Waals surface area contributed by atoms with Crippen molar-refractivity contribution >= 4 is 16.8 Å². The third-order valence-electron chi connectivity index (χ3n) is 4.49. The molecule has 122 valence electrons. The van der Waals surface area contributed by atoms with Gasteiger partial charge in [0.1, 0.15) is 6.04 Å². The topological polar surface area (TPSA) is 63.1 Å². The lowest BCUT2D eigenvalue weighted by Crippen LogP contribution is -2.43. The lowest BCUT2D eigenvalue weighted by Gasteiger charge is -2.33. The minimum Gasteiger partial charge on any atom is -0.357 e. The molecular formula is C18H19N5O. The summed E-state index contributed by atoms with van der Waals surface area (Å²) in [6.07, 6.45) is 3.57. The quantitative estimate of drug-likeness (QED) is 0.798. The summed E-state index contributed by atoms with van der Waals surface area (Å²) in [4.78, 5) is 23.4. The predicted molar refractivity (Wildman–Crippen MR) is 91.2 cm³/mol. The van der Waals surface area contributed by atoms with E-state index in [0.29, 0.717) is 13.1 Å². The maximum Gasteiger partial charge on any atom is 0.244 e. The van der Waals surface area contributed by atoms with Crippen molar-refractivity contribution in [3.63, 3.8) is 0 Å². The number of hydrogen-bond donors (Lipinski definition) is 1. The van der Waals surface area contributed by atoms with E-state index in [1.807, 2.05) is 29.0 Å². The number of rotatable bonds is 3. The number of fused-ring (bicyclic) bond motifs is 2. The van der Waals surface area contributed by atoms with Crippen LogP contribution in [0.15, 0.2) is 48.9 Å². The van der Waals surface area contributed by atoms with Crippen LogP contribution in [0, 0.1) is 0 Å². The van der Waals surface area contributed by atoms with Gasteiger partial charge in [0.05, 0.1) is 23.2 Å². The average molecular weight is 321 g/mol. The zero-order valence-corrected chi connectivity index (χ0v) is 13.5. The molecule has 0 fully saturated rings. The molecule has 0 saturated heterocycles. The number of aromatic nitrogens is 3. The number of carbonyl (C=O) groups is 1. The van der Waals surface area contributed by atoms with E-state index in [4.69, 9.17) is 4.98 Å². The van der Waals surface area contributed by atoms with Gasteiger partial charge in [-0.2, -0.15) is 0 Å². The van der Waals surface area contributed by atoms with Crippen LogP contribution >= 0.6 is 0 Å². The van der Waals surface area contributed by atoms with Crippen LogP contribution in [-0.2, 0) is 17.9 Å². The van der Waals surface area contributed by atoms with Crippen molar-refractivity contribution in [3.05, 3.63) is 60.3 Å². The van der Waals surface area contributed by atoms with Crippen molar-refractivity contribution < 1.29 is 4.79 Å². The van der Waals surface area contributed by atoms with Crippen LogP contribution in [0.4, 0.5) is 0 Å². The van der Waals surface area contributed by atoms with Crippen molar-refractivity contribution in [2.45, 2.75) is 19.1 Å². The molecule has 1 N–H and O–H groups in total. The first kappa shape index (κ1) is 14.8. The van der Waals surface area contributed by atoms with Crippen LogP contribution in [0.3, 0.4) is 0 Å². The molecule has 0 saturated carbocycles. The maximum absolute atomic E-state index is 12.2. The number of pyridine rings is 1. The van der Waals surface area contributed by atoms with Crippen LogP contribution < -0.4 is 5.32 Å². The first-order valence-corrected chi connectivity index (χ1v) is 8.04. The van der Waals surface area contributed by atoms with Gasteiger partial charge in [-0.3, -0.25) is 14.7 Å². The number of carbonyl (C=O) groups excluding carboxylic acids is 1. The van der Waals surface area contributed by atoms with E-state index < -0.39 is 0 Å².